The Morgan fingerprint density at radius 3 is 2.45 bits per heavy atom. The predicted octanol–water partition coefficient (Wildman–Crippen LogP) is 2.00. The van der Waals surface area contributed by atoms with Gasteiger partial charge in [-0.3, -0.25) is 19.3 Å². The SMILES string of the molecule is CCCC(=O)N1CCC[C@H](N2C(=O)NC3(CCN(C(=O)c4ccccc4)CC3)C2=O)C1. The third-order valence-corrected chi connectivity index (χ3v) is 6.70. The summed E-state index contributed by atoms with van der Waals surface area (Å²) in [5, 5.41) is 2.93. The van der Waals surface area contributed by atoms with Gasteiger partial charge >= 0.3 is 6.03 Å². The van der Waals surface area contributed by atoms with Gasteiger partial charge in [-0.15, -0.1) is 0 Å². The largest absolute Gasteiger partial charge is 0.341 e. The van der Waals surface area contributed by atoms with Crippen LogP contribution in [0, 0.1) is 0 Å². The summed E-state index contributed by atoms with van der Waals surface area (Å²) in [5.74, 6) is -0.178. The van der Waals surface area contributed by atoms with Crippen LogP contribution in [-0.4, -0.2) is 76.2 Å². The average molecular weight is 427 g/mol. The third-order valence-electron chi connectivity index (χ3n) is 6.70. The summed E-state index contributed by atoms with van der Waals surface area (Å²) in [5.41, 5.74) is -0.318. The highest BCUT2D eigenvalue weighted by Crippen LogP contribution is 2.33. The summed E-state index contributed by atoms with van der Waals surface area (Å²) in [6.45, 7) is 3.89. The minimum Gasteiger partial charge on any atom is -0.341 e. The smallest absolute Gasteiger partial charge is 0.325 e. The molecule has 1 atom stereocenters. The van der Waals surface area contributed by atoms with Crippen LogP contribution in [0.5, 0.6) is 0 Å². The van der Waals surface area contributed by atoms with Crippen molar-refractivity contribution in [2.75, 3.05) is 26.2 Å². The lowest BCUT2D eigenvalue weighted by atomic mass is 9.86. The molecular formula is C23H30N4O4. The Hall–Kier alpha value is -2.90. The van der Waals surface area contributed by atoms with Gasteiger partial charge in [0.1, 0.15) is 5.54 Å². The number of nitrogens with zero attached hydrogens (tertiary/aromatic N) is 3. The molecule has 3 aliphatic rings. The lowest BCUT2D eigenvalue weighted by Crippen LogP contribution is -2.57. The molecule has 5 amide bonds. The van der Waals surface area contributed by atoms with Gasteiger partial charge in [0.25, 0.3) is 11.8 Å². The Morgan fingerprint density at radius 1 is 1.06 bits per heavy atom. The van der Waals surface area contributed by atoms with E-state index < -0.39 is 5.54 Å². The molecular weight excluding hydrogens is 396 g/mol. The summed E-state index contributed by atoms with van der Waals surface area (Å²) in [6, 6.07) is 8.43. The first kappa shape index (κ1) is 21.3. The lowest BCUT2D eigenvalue weighted by Gasteiger charge is -2.39. The van der Waals surface area contributed by atoms with E-state index in [4.69, 9.17) is 0 Å². The Bertz CT molecular complexity index is 864. The molecule has 0 radical (unpaired) electrons. The molecule has 8 heteroatoms. The van der Waals surface area contributed by atoms with Gasteiger partial charge < -0.3 is 15.1 Å². The number of likely N-dealkylation sites (tertiary alicyclic amines) is 2. The number of nitrogens with one attached hydrogen (secondary N) is 1. The average Bonchev–Trinajstić information content (AvgIpc) is 3.03. The minimum atomic E-state index is -0.944. The van der Waals surface area contributed by atoms with E-state index in [1.165, 1.54) is 4.90 Å². The van der Waals surface area contributed by atoms with Crippen molar-refractivity contribution >= 4 is 23.8 Å². The first-order valence-electron chi connectivity index (χ1n) is 11.2. The molecule has 4 rings (SSSR count). The van der Waals surface area contributed by atoms with Crippen molar-refractivity contribution < 1.29 is 19.2 Å². The number of rotatable bonds is 4. The number of amides is 5. The fourth-order valence-electron chi connectivity index (χ4n) is 4.93. The fourth-order valence-corrected chi connectivity index (χ4v) is 4.93. The molecule has 0 aromatic heterocycles. The van der Waals surface area contributed by atoms with Gasteiger partial charge in [0.2, 0.25) is 5.91 Å². The van der Waals surface area contributed by atoms with Crippen LogP contribution < -0.4 is 5.32 Å². The maximum Gasteiger partial charge on any atom is 0.325 e. The van der Waals surface area contributed by atoms with Crippen molar-refractivity contribution in [3.8, 4) is 0 Å². The van der Waals surface area contributed by atoms with E-state index in [1.807, 2.05) is 25.1 Å². The van der Waals surface area contributed by atoms with Crippen LogP contribution in [0.2, 0.25) is 0 Å². The van der Waals surface area contributed by atoms with Crippen molar-refractivity contribution in [1.29, 1.82) is 0 Å². The van der Waals surface area contributed by atoms with Crippen molar-refractivity contribution in [3.63, 3.8) is 0 Å². The van der Waals surface area contributed by atoms with E-state index in [9.17, 15) is 19.2 Å². The number of urea groups is 1. The summed E-state index contributed by atoms with van der Waals surface area (Å²) in [7, 11) is 0. The molecule has 1 aromatic rings. The van der Waals surface area contributed by atoms with Gasteiger partial charge in [-0.1, -0.05) is 25.1 Å². The van der Waals surface area contributed by atoms with Gasteiger partial charge in [0, 0.05) is 38.2 Å². The molecule has 0 aliphatic carbocycles. The second-order valence-electron chi connectivity index (χ2n) is 8.73. The van der Waals surface area contributed by atoms with Crippen LogP contribution in [-0.2, 0) is 9.59 Å². The molecule has 3 fully saturated rings. The molecule has 166 valence electrons. The summed E-state index contributed by atoms with van der Waals surface area (Å²) in [4.78, 5) is 56.1. The highest BCUT2D eigenvalue weighted by atomic mass is 16.2. The zero-order valence-electron chi connectivity index (χ0n) is 18.0. The van der Waals surface area contributed by atoms with Crippen LogP contribution in [0.15, 0.2) is 30.3 Å². The molecule has 1 N–H and O–H groups in total. The second kappa shape index (κ2) is 8.69. The molecule has 0 saturated carbocycles. The van der Waals surface area contributed by atoms with Gasteiger partial charge in [0.05, 0.1) is 6.04 Å². The highest BCUT2D eigenvalue weighted by Gasteiger charge is 2.54. The van der Waals surface area contributed by atoms with Gasteiger partial charge in [-0.25, -0.2) is 4.79 Å². The Labute approximate surface area is 182 Å². The van der Waals surface area contributed by atoms with Crippen LogP contribution in [0.4, 0.5) is 4.79 Å². The van der Waals surface area contributed by atoms with Crippen molar-refractivity contribution in [2.45, 2.75) is 57.0 Å². The standard InChI is InChI=1S/C23H30N4O4/c1-2-7-19(28)26-13-6-10-18(16-26)27-21(30)23(24-22(27)31)11-14-25(15-12-23)20(29)17-8-4-3-5-9-17/h3-5,8-9,18H,2,6-7,10-16H2,1H3,(H,24,31)/t18-/m0/s1. The monoisotopic (exact) mass is 426 g/mol. The molecule has 3 saturated heterocycles. The minimum absolute atomic E-state index is 0.0542. The molecule has 8 nitrogen and oxygen atoms in total. The van der Waals surface area contributed by atoms with Crippen LogP contribution in [0.1, 0.15) is 55.8 Å². The maximum absolute atomic E-state index is 13.4. The molecule has 1 aromatic carbocycles. The summed E-state index contributed by atoms with van der Waals surface area (Å²) >= 11 is 0. The number of carbonyl (C=O) groups excluding carboxylic acids is 4. The second-order valence-corrected chi connectivity index (χ2v) is 8.73. The topological polar surface area (TPSA) is 90.0 Å². The first-order chi connectivity index (χ1) is 14.9. The Morgan fingerprint density at radius 2 is 1.77 bits per heavy atom. The van der Waals surface area contributed by atoms with Crippen LogP contribution >= 0.6 is 0 Å². The molecule has 0 unspecified atom stereocenters. The van der Waals surface area contributed by atoms with E-state index in [2.05, 4.69) is 5.32 Å². The third kappa shape index (κ3) is 4.03. The van der Waals surface area contributed by atoms with Gasteiger partial charge in [0.15, 0.2) is 0 Å². The molecule has 1 spiro atoms. The number of benzene rings is 1. The predicted molar refractivity (Wildman–Crippen MR) is 114 cm³/mol. The number of hydrogen-bond donors (Lipinski definition) is 1. The molecule has 31 heavy (non-hydrogen) atoms. The van der Waals surface area contributed by atoms with E-state index in [1.54, 1.807) is 21.9 Å². The van der Waals surface area contributed by atoms with Crippen LogP contribution in [0.25, 0.3) is 0 Å². The van der Waals surface area contributed by atoms with Crippen molar-refractivity contribution in [2.24, 2.45) is 0 Å². The van der Waals surface area contributed by atoms with Crippen molar-refractivity contribution in [3.05, 3.63) is 35.9 Å². The molecule has 3 heterocycles. The van der Waals surface area contributed by atoms with E-state index in [0.717, 1.165) is 12.8 Å². The number of piperidine rings is 2. The van der Waals surface area contributed by atoms with E-state index >= 15 is 0 Å². The zero-order valence-corrected chi connectivity index (χ0v) is 18.0. The molecule has 3 aliphatic heterocycles. The van der Waals surface area contributed by atoms with Gasteiger partial charge in [-0.2, -0.15) is 0 Å². The Kier molecular flexibility index (Phi) is 5.98. The number of carbonyl (C=O) groups is 4. The summed E-state index contributed by atoms with van der Waals surface area (Å²) in [6.07, 6.45) is 3.56. The lowest BCUT2D eigenvalue weighted by molar-refractivity contribution is -0.139. The van der Waals surface area contributed by atoms with Crippen molar-refractivity contribution in [1.82, 2.24) is 20.0 Å². The van der Waals surface area contributed by atoms with Gasteiger partial charge in [-0.05, 0) is 44.2 Å². The number of imide groups is 1. The quantitative estimate of drug-likeness (QED) is 0.746. The molecule has 0 bridgehead atoms. The highest BCUT2D eigenvalue weighted by molar-refractivity contribution is 6.07. The number of hydrogen-bond acceptors (Lipinski definition) is 4. The fraction of sp³-hybridized carbons (Fsp3) is 0.565. The van der Waals surface area contributed by atoms with E-state index in [-0.39, 0.29) is 29.8 Å². The van der Waals surface area contributed by atoms with Crippen LogP contribution in [0.3, 0.4) is 0 Å². The zero-order chi connectivity index (χ0) is 22.0. The Balaban J connectivity index is 1.42. The first-order valence-corrected chi connectivity index (χ1v) is 11.2. The normalized spacial score (nSPS) is 23.3. The summed E-state index contributed by atoms with van der Waals surface area (Å²) < 4.78 is 0. The van der Waals surface area contributed by atoms with E-state index in [0.29, 0.717) is 57.4 Å². The maximum atomic E-state index is 13.4.